The fraction of sp³-hybridized carbons (Fsp3) is 0.400. The van der Waals surface area contributed by atoms with Crippen LogP contribution in [0.3, 0.4) is 0 Å². The van der Waals surface area contributed by atoms with E-state index in [9.17, 15) is 14.4 Å². The van der Waals surface area contributed by atoms with Crippen molar-refractivity contribution in [2.45, 2.75) is 39.3 Å². The summed E-state index contributed by atoms with van der Waals surface area (Å²) in [7, 11) is 0. The molecule has 2 heterocycles. The van der Waals surface area contributed by atoms with E-state index in [1.54, 1.807) is 0 Å². The largest absolute Gasteiger partial charge is 0.354 e. The molecule has 2 aromatic rings. The Hall–Kier alpha value is -3.16. The van der Waals surface area contributed by atoms with Gasteiger partial charge in [0.1, 0.15) is 6.04 Å². The van der Waals surface area contributed by atoms with E-state index in [4.69, 9.17) is 0 Å². The van der Waals surface area contributed by atoms with E-state index >= 15 is 0 Å². The first-order chi connectivity index (χ1) is 13.4. The molecular formula is C20H25N5O3. The Balaban J connectivity index is 1.45. The molecular weight excluding hydrogens is 358 g/mol. The lowest BCUT2D eigenvalue weighted by molar-refractivity contribution is -0.130. The third-order valence-electron chi connectivity index (χ3n) is 4.71. The number of carbonyl (C=O) groups is 3. The number of amides is 4. The maximum absolute atomic E-state index is 12.5. The van der Waals surface area contributed by atoms with Crippen molar-refractivity contribution in [1.29, 1.82) is 0 Å². The molecule has 0 spiro atoms. The molecule has 1 aliphatic rings. The van der Waals surface area contributed by atoms with Crippen LogP contribution in [0.15, 0.2) is 36.4 Å². The van der Waals surface area contributed by atoms with Gasteiger partial charge in [-0.05, 0) is 31.9 Å². The molecule has 8 nitrogen and oxygen atoms in total. The molecule has 28 heavy (non-hydrogen) atoms. The summed E-state index contributed by atoms with van der Waals surface area (Å²) in [6.07, 6.45) is 0.519. The van der Waals surface area contributed by atoms with E-state index in [0.29, 0.717) is 26.1 Å². The third kappa shape index (κ3) is 4.76. The van der Waals surface area contributed by atoms with Crippen molar-refractivity contribution in [1.82, 2.24) is 25.3 Å². The number of nitrogens with one attached hydrogen (secondary N) is 2. The fourth-order valence-electron chi connectivity index (χ4n) is 3.27. The van der Waals surface area contributed by atoms with Crippen LogP contribution in [-0.2, 0) is 22.6 Å². The van der Waals surface area contributed by atoms with Crippen LogP contribution in [0.1, 0.15) is 23.4 Å². The molecule has 0 radical (unpaired) electrons. The van der Waals surface area contributed by atoms with Crippen LogP contribution in [0.2, 0.25) is 0 Å². The van der Waals surface area contributed by atoms with E-state index in [0.717, 1.165) is 17.0 Å². The van der Waals surface area contributed by atoms with Crippen LogP contribution in [0.4, 0.5) is 4.79 Å². The summed E-state index contributed by atoms with van der Waals surface area (Å²) >= 11 is 0. The molecule has 1 aromatic heterocycles. The van der Waals surface area contributed by atoms with E-state index in [1.807, 2.05) is 54.9 Å². The summed E-state index contributed by atoms with van der Waals surface area (Å²) in [6, 6.07) is 10.4. The van der Waals surface area contributed by atoms with Gasteiger partial charge in [-0.1, -0.05) is 30.3 Å². The van der Waals surface area contributed by atoms with Crippen molar-refractivity contribution in [3.05, 3.63) is 53.3 Å². The number of imide groups is 1. The molecule has 1 saturated heterocycles. The lowest BCUT2D eigenvalue weighted by atomic mass is 10.1. The van der Waals surface area contributed by atoms with E-state index in [2.05, 4.69) is 15.7 Å². The number of hydrogen-bond donors (Lipinski definition) is 2. The molecule has 0 saturated carbocycles. The van der Waals surface area contributed by atoms with Gasteiger partial charge in [0.05, 0.1) is 18.7 Å². The molecule has 3 rings (SSSR count). The van der Waals surface area contributed by atoms with Crippen molar-refractivity contribution in [2.24, 2.45) is 0 Å². The van der Waals surface area contributed by atoms with Crippen LogP contribution in [-0.4, -0.2) is 51.7 Å². The molecule has 0 aliphatic carbocycles. The summed E-state index contributed by atoms with van der Waals surface area (Å²) in [5, 5.41) is 9.72. The van der Waals surface area contributed by atoms with Gasteiger partial charge in [0.15, 0.2) is 0 Å². The predicted octanol–water partition coefficient (Wildman–Crippen LogP) is 1.17. The van der Waals surface area contributed by atoms with Crippen LogP contribution in [0.5, 0.6) is 0 Å². The molecule has 4 amide bonds. The molecule has 8 heteroatoms. The summed E-state index contributed by atoms with van der Waals surface area (Å²) < 4.78 is 1.82. The standard InChI is InChI=1S/C20H25N5O3/c1-14-12-15(2)25(23-14)11-9-21-18(26)13-17-19(27)24(20(28)22-17)10-8-16-6-4-3-5-7-16/h3-7,12,17H,8-11,13H2,1-2H3,(H,21,26)(H,22,28)/t17-/m0/s1. The Kier molecular flexibility index (Phi) is 6.08. The summed E-state index contributed by atoms with van der Waals surface area (Å²) in [4.78, 5) is 37.9. The van der Waals surface area contributed by atoms with Gasteiger partial charge in [-0.15, -0.1) is 0 Å². The second kappa shape index (κ2) is 8.69. The second-order valence-corrected chi connectivity index (χ2v) is 6.93. The van der Waals surface area contributed by atoms with E-state index in [-0.39, 0.29) is 18.2 Å². The first-order valence-electron chi connectivity index (χ1n) is 9.37. The van der Waals surface area contributed by atoms with Gasteiger partial charge in [0, 0.05) is 18.8 Å². The van der Waals surface area contributed by atoms with E-state index < -0.39 is 12.1 Å². The van der Waals surface area contributed by atoms with Crippen LogP contribution in [0, 0.1) is 13.8 Å². The topological polar surface area (TPSA) is 96.3 Å². The molecule has 2 N–H and O–H groups in total. The average molecular weight is 383 g/mol. The molecule has 148 valence electrons. The lowest BCUT2D eigenvalue weighted by Crippen LogP contribution is -2.37. The maximum atomic E-state index is 12.5. The fourth-order valence-corrected chi connectivity index (χ4v) is 3.27. The first kappa shape index (κ1) is 19.6. The highest BCUT2D eigenvalue weighted by atomic mass is 16.2. The minimum atomic E-state index is -0.808. The third-order valence-corrected chi connectivity index (χ3v) is 4.71. The molecule has 1 fully saturated rings. The number of aromatic nitrogens is 2. The Morgan fingerprint density at radius 1 is 1.18 bits per heavy atom. The monoisotopic (exact) mass is 383 g/mol. The van der Waals surface area contributed by atoms with Gasteiger partial charge in [-0.3, -0.25) is 19.2 Å². The van der Waals surface area contributed by atoms with Gasteiger partial charge in [-0.25, -0.2) is 4.79 Å². The smallest absolute Gasteiger partial charge is 0.324 e. The number of rotatable bonds is 8. The zero-order valence-electron chi connectivity index (χ0n) is 16.1. The van der Waals surface area contributed by atoms with Crippen LogP contribution in [0.25, 0.3) is 0 Å². The first-order valence-corrected chi connectivity index (χ1v) is 9.37. The highest BCUT2D eigenvalue weighted by molar-refractivity contribution is 6.05. The quantitative estimate of drug-likeness (QED) is 0.669. The van der Waals surface area contributed by atoms with Gasteiger partial charge in [0.2, 0.25) is 5.91 Å². The van der Waals surface area contributed by atoms with Crippen molar-refractivity contribution in [2.75, 3.05) is 13.1 Å². The number of hydrogen-bond acceptors (Lipinski definition) is 4. The predicted molar refractivity (Wildman–Crippen MR) is 104 cm³/mol. The van der Waals surface area contributed by atoms with Gasteiger partial charge >= 0.3 is 6.03 Å². The number of urea groups is 1. The van der Waals surface area contributed by atoms with Crippen LogP contribution >= 0.6 is 0 Å². The zero-order valence-corrected chi connectivity index (χ0v) is 16.1. The van der Waals surface area contributed by atoms with Crippen LogP contribution < -0.4 is 10.6 Å². The van der Waals surface area contributed by atoms with Crippen molar-refractivity contribution >= 4 is 17.8 Å². The highest BCUT2D eigenvalue weighted by Gasteiger charge is 2.38. The molecule has 1 aromatic carbocycles. The number of nitrogens with zero attached hydrogens (tertiary/aromatic N) is 3. The minimum Gasteiger partial charge on any atom is -0.354 e. The Labute approximate surface area is 163 Å². The Bertz CT molecular complexity index is 862. The SMILES string of the molecule is Cc1cc(C)n(CCNC(=O)C[C@@H]2NC(=O)N(CCc3ccccc3)C2=O)n1. The second-order valence-electron chi connectivity index (χ2n) is 6.93. The van der Waals surface area contributed by atoms with Gasteiger partial charge in [0.25, 0.3) is 5.91 Å². The zero-order chi connectivity index (χ0) is 20.1. The van der Waals surface area contributed by atoms with E-state index in [1.165, 1.54) is 4.90 Å². The maximum Gasteiger partial charge on any atom is 0.324 e. The normalized spacial score (nSPS) is 16.4. The molecule has 0 bridgehead atoms. The van der Waals surface area contributed by atoms with Crippen molar-refractivity contribution in [3.63, 3.8) is 0 Å². The number of benzene rings is 1. The van der Waals surface area contributed by atoms with Crippen molar-refractivity contribution in [3.8, 4) is 0 Å². The highest BCUT2D eigenvalue weighted by Crippen LogP contribution is 2.11. The molecule has 1 atom stereocenters. The summed E-state index contributed by atoms with van der Waals surface area (Å²) in [5.74, 6) is -0.625. The lowest BCUT2D eigenvalue weighted by Gasteiger charge is -2.13. The summed E-state index contributed by atoms with van der Waals surface area (Å²) in [6.45, 7) is 5.14. The number of carbonyl (C=O) groups excluding carboxylic acids is 3. The van der Waals surface area contributed by atoms with Crippen molar-refractivity contribution < 1.29 is 14.4 Å². The minimum absolute atomic E-state index is 0.0659. The number of aryl methyl sites for hydroxylation is 2. The Morgan fingerprint density at radius 2 is 1.93 bits per heavy atom. The van der Waals surface area contributed by atoms with Gasteiger partial charge in [-0.2, -0.15) is 5.10 Å². The van der Waals surface area contributed by atoms with Gasteiger partial charge < -0.3 is 10.6 Å². The summed E-state index contributed by atoms with van der Waals surface area (Å²) in [5.41, 5.74) is 3.01. The Morgan fingerprint density at radius 3 is 2.61 bits per heavy atom. The average Bonchev–Trinajstić information content (AvgIpc) is 3.12. The molecule has 0 unspecified atom stereocenters. The molecule has 1 aliphatic heterocycles.